The van der Waals surface area contributed by atoms with E-state index in [-0.39, 0.29) is 29.9 Å². The molecule has 10 nitrogen and oxygen atoms in total. The summed E-state index contributed by atoms with van der Waals surface area (Å²) >= 11 is 0. The molecule has 1 aromatic heterocycles. The first kappa shape index (κ1) is 26.1. The van der Waals surface area contributed by atoms with Crippen LogP contribution in [0.2, 0.25) is 0 Å². The van der Waals surface area contributed by atoms with E-state index in [1.807, 2.05) is 0 Å². The van der Waals surface area contributed by atoms with Crippen molar-refractivity contribution >= 4 is 24.0 Å². The first-order valence-electron chi connectivity index (χ1n) is 11.8. The van der Waals surface area contributed by atoms with Gasteiger partial charge in [0.1, 0.15) is 0 Å². The molecule has 0 aliphatic carbocycles. The number of halogens is 1. The molecule has 0 radical (unpaired) electrons. The molecule has 0 bridgehead atoms. The first-order chi connectivity index (χ1) is 16.0. The van der Waals surface area contributed by atoms with Gasteiger partial charge in [0.15, 0.2) is 0 Å². The third kappa shape index (κ3) is 6.32. The summed E-state index contributed by atoms with van der Waals surface area (Å²) in [6.07, 6.45) is 4.38. The smallest absolute Gasteiger partial charge is 0.269 e. The summed E-state index contributed by atoms with van der Waals surface area (Å²) in [4.78, 5) is 28.5. The largest absolute Gasteiger partial charge is 0.352 e. The average Bonchev–Trinajstić information content (AvgIpc) is 3.29. The Bertz CT molecular complexity index is 952. The zero-order valence-corrected chi connectivity index (χ0v) is 20.4. The van der Waals surface area contributed by atoms with Crippen LogP contribution in [0.5, 0.6) is 0 Å². The Labute approximate surface area is 206 Å². The zero-order valence-electron chi connectivity index (χ0n) is 19.6. The van der Waals surface area contributed by atoms with Gasteiger partial charge in [-0.15, -0.1) is 12.4 Å². The molecule has 2 saturated heterocycles. The minimum absolute atomic E-state index is 0. The highest BCUT2D eigenvalue weighted by Crippen LogP contribution is 2.30. The number of non-ortho nitro benzene ring substituents is 1. The molecule has 2 N–H and O–H groups in total. The lowest BCUT2D eigenvalue weighted by molar-refractivity contribution is -0.384. The molecule has 2 aliphatic heterocycles. The number of benzene rings is 1. The van der Waals surface area contributed by atoms with Crippen LogP contribution < -0.4 is 10.6 Å². The number of nitrogens with one attached hydrogen (secondary N) is 2. The van der Waals surface area contributed by atoms with Gasteiger partial charge in [0, 0.05) is 50.8 Å². The Hall–Kier alpha value is -2.53. The molecule has 2 fully saturated rings. The monoisotopic (exact) mass is 491 g/mol. The van der Waals surface area contributed by atoms with Crippen molar-refractivity contribution in [1.82, 2.24) is 30.2 Å². The first-order valence-corrected chi connectivity index (χ1v) is 11.8. The predicted molar refractivity (Wildman–Crippen MR) is 133 cm³/mol. The Balaban J connectivity index is 0.00000324. The van der Waals surface area contributed by atoms with Crippen LogP contribution in [0.15, 0.2) is 30.5 Å². The minimum Gasteiger partial charge on any atom is -0.352 e. The SMILES string of the molecule is CN1CCN(CCCNC(=O)c2cnn(-c3ccc([N+](=O)[O-])cc3)c2C2CCNCC2)CC1.Cl. The number of nitro benzene ring substituents is 1. The van der Waals surface area contributed by atoms with Crippen LogP contribution in [-0.2, 0) is 0 Å². The topological polar surface area (TPSA) is 109 Å². The van der Waals surface area contributed by atoms with Gasteiger partial charge in [0.05, 0.1) is 28.1 Å². The van der Waals surface area contributed by atoms with Gasteiger partial charge >= 0.3 is 0 Å². The zero-order chi connectivity index (χ0) is 23.2. The minimum atomic E-state index is -0.415. The third-order valence-corrected chi connectivity index (χ3v) is 6.61. The van der Waals surface area contributed by atoms with Crippen molar-refractivity contribution in [1.29, 1.82) is 0 Å². The van der Waals surface area contributed by atoms with Crippen molar-refractivity contribution in [2.75, 3.05) is 59.4 Å². The fourth-order valence-corrected chi connectivity index (χ4v) is 4.61. The lowest BCUT2D eigenvalue weighted by atomic mass is 9.91. The molecule has 2 aliphatic rings. The summed E-state index contributed by atoms with van der Waals surface area (Å²) in [5.41, 5.74) is 2.25. The number of rotatable bonds is 8. The number of hydrogen-bond acceptors (Lipinski definition) is 7. The maximum Gasteiger partial charge on any atom is 0.269 e. The Morgan fingerprint density at radius 2 is 1.85 bits per heavy atom. The Kier molecular flexibility index (Phi) is 9.40. The van der Waals surface area contributed by atoms with E-state index in [2.05, 4.69) is 32.6 Å². The van der Waals surface area contributed by atoms with Crippen molar-refractivity contribution in [2.24, 2.45) is 0 Å². The highest BCUT2D eigenvalue weighted by molar-refractivity contribution is 5.95. The van der Waals surface area contributed by atoms with Gasteiger partial charge in [-0.1, -0.05) is 0 Å². The maximum atomic E-state index is 13.1. The number of likely N-dealkylation sites (N-methyl/N-ethyl adjacent to an activating group) is 1. The van der Waals surface area contributed by atoms with E-state index in [1.54, 1.807) is 23.0 Å². The maximum absolute atomic E-state index is 13.1. The fraction of sp³-hybridized carbons (Fsp3) is 0.565. The average molecular weight is 492 g/mol. The number of hydrogen-bond donors (Lipinski definition) is 2. The van der Waals surface area contributed by atoms with Crippen molar-refractivity contribution < 1.29 is 9.72 Å². The van der Waals surface area contributed by atoms with Gasteiger partial charge in [-0.3, -0.25) is 14.9 Å². The van der Waals surface area contributed by atoms with E-state index >= 15 is 0 Å². The van der Waals surface area contributed by atoms with Crippen molar-refractivity contribution in [3.05, 3.63) is 51.8 Å². The summed E-state index contributed by atoms with van der Waals surface area (Å²) in [5.74, 6) is 0.102. The number of piperidine rings is 1. The second kappa shape index (κ2) is 12.3. The Morgan fingerprint density at radius 1 is 1.18 bits per heavy atom. The van der Waals surface area contributed by atoms with E-state index in [1.165, 1.54) is 12.1 Å². The number of carbonyl (C=O) groups is 1. The quantitative estimate of drug-likeness (QED) is 0.330. The molecular formula is C23H34ClN7O3. The number of aromatic nitrogens is 2. The molecule has 0 spiro atoms. The van der Waals surface area contributed by atoms with Crippen molar-refractivity contribution in [3.63, 3.8) is 0 Å². The predicted octanol–water partition coefficient (Wildman–Crippen LogP) is 2.04. The molecule has 1 amide bonds. The summed E-state index contributed by atoms with van der Waals surface area (Å²) in [7, 11) is 2.15. The molecule has 0 saturated carbocycles. The molecule has 0 unspecified atom stereocenters. The number of piperazine rings is 1. The molecule has 2 aromatic rings. The highest BCUT2D eigenvalue weighted by Gasteiger charge is 2.27. The normalized spacial score (nSPS) is 17.8. The van der Waals surface area contributed by atoms with Crippen molar-refractivity contribution in [3.8, 4) is 5.69 Å². The molecule has 186 valence electrons. The molecule has 34 heavy (non-hydrogen) atoms. The van der Waals surface area contributed by atoms with Crippen LogP contribution >= 0.6 is 12.4 Å². The van der Waals surface area contributed by atoms with E-state index in [9.17, 15) is 14.9 Å². The van der Waals surface area contributed by atoms with Crippen LogP contribution in [0.3, 0.4) is 0 Å². The second-order valence-corrected chi connectivity index (χ2v) is 8.91. The van der Waals surface area contributed by atoms with Crippen LogP contribution in [0.4, 0.5) is 5.69 Å². The van der Waals surface area contributed by atoms with E-state index < -0.39 is 4.92 Å². The molecular weight excluding hydrogens is 458 g/mol. The van der Waals surface area contributed by atoms with Gasteiger partial charge in [0.25, 0.3) is 11.6 Å². The number of carbonyl (C=O) groups excluding carboxylic acids is 1. The number of nitrogens with zero attached hydrogens (tertiary/aromatic N) is 5. The van der Waals surface area contributed by atoms with Gasteiger partial charge < -0.3 is 20.4 Å². The molecule has 3 heterocycles. The van der Waals surface area contributed by atoms with Crippen LogP contribution in [0.1, 0.15) is 41.2 Å². The van der Waals surface area contributed by atoms with Gasteiger partial charge in [-0.2, -0.15) is 5.10 Å². The molecule has 4 rings (SSSR count). The molecule has 0 atom stereocenters. The van der Waals surface area contributed by atoms with Gasteiger partial charge in [-0.25, -0.2) is 4.68 Å². The van der Waals surface area contributed by atoms with E-state index in [0.29, 0.717) is 12.1 Å². The van der Waals surface area contributed by atoms with Crippen LogP contribution in [0, 0.1) is 10.1 Å². The van der Waals surface area contributed by atoms with E-state index in [0.717, 1.165) is 76.5 Å². The lowest BCUT2D eigenvalue weighted by Crippen LogP contribution is -2.45. The Morgan fingerprint density at radius 3 is 2.50 bits per heavy atom. The van der Waals surface area contributed by atoms with Gasteiger partial charge in [-0.05, 0) is 58.1 Å². The van der Waals surface area contributed by atoms with Crippen LogP contribution in [0.25, 0.3) is 5.69 Å². The second-order valence-electron chi connectivity index (χ2n) is 8.91. The summed E-state index contributed by atoms with van der Waals surface area (Å²) in [6, 6.07) is 6.32. The highest BCUT2D eigenvalue weighted by atomic mass is 35.5. The molecule has 1 aromatic carbocycles. The summed E-state index contributed by atoms with van der Waals surface area (Å²) in [5, 5.41) is 22.0. The van der Waals surface area contributed by atoms with Crippen LogP contribution in [-0.4, -0.2) is 89.8 Å². The number of amides is 1. The fourth-order valence-electron chi connectivity index (χ4n) is 4.61. The van der Waals surface area contributed by atoms with Crippen molar-refractivity contribution in [2.45, 2.75) is 25.2 Å². The number of nitro groups is 1. The van der Waals surface area contributed by atoms with Gasteiger partial charge in [0.2, 0.25) is 0 Å². The third-order valence-electron chi connectivity index (χ3n) is 6.61. The standard InChI is InChI=1S/C23H33N7O3.ClH/c1-27-13-15-28(16-14-27)12-2-9-25-23(31)21-17-26-29(22(21)18-7-10-24-11-8-18)19-3-5-20(6-4-19)30(32)33;/h3-6,17-18,24H,2,7-16H2,1H3,(H,25,31);1H. The lowest BCUT2D eigenvalue weighted by Gasteiger charge is -2.32. The summed E-state index contributed by atoms with van der Waals surface area (Å²) in [6.45, 7) is 7.72. The molecule has 11 heteroatoms. The van der Waals surface area contributed by atoms with E-state index in [4.69, 9.17) is 0 Å². The summed E-state index contributed by atoms with van der Waals surface area (Å²) < 4.78 is 1.78.